The Bertz CT molecular complexity index is 1430. The van der Waals surface area contributed by atoms with Crippen molar-refractivity contribution >= 4 is 29.5 Å². The molecule has 4 amide bonds. The minimum absolute atomic E-state index is 0.0304. The average molecular weight is 560 g/mol. The summed E-state index contributed by atoms with van der Waals surface area (Å²) in [5.41, 5.74) is 2.47. The second-order valence-corrected chi connectivity index (χ2v) is 9.69. The van der Waals surface area contributed by atoms with Crippen molar-refractivity contribution in [3.8, 4) is 11.5 Å². The monoisotopic (exact) mass is 559 g/mol. The lowest BCUT2D eigenvalue weighted by atomic mass is 10.0. The Kier molecular flexibility index (Phi) is 8.28. The number of rotatable bonds is 9. The van der Waals surface area contributed by atoms with E-state index in [4.69, 9.17) is 9.47 Å². The number of nitrogens with one attached hydrogen (secondary N) is 3. The van der Waals surface area contributed by atoms with E-state index in [9.17, 15) is 24.3 Å². The van der Waals surface area contributed by atoms with Crippen LogP contribution in [0.15, 0.2) is 67.0 Å². The molecule has 2 aromatic carbocycles. The predicted molar refractivity (Wildman–Crippen MR) is 146 cm³/mol. The fraction of sp³-hybridized carbons (Fsp3) is 0.276. The number of aliphatic carboxylic acids is 1. The summed E-state index contributed by atoms with van der Waals surface area (Å²) in [6.45, 7) is 0.774. The minimum atomic E-state index is -1.20. The maximum absolute atomic E-state index is 13.1. The summed E-state index contributed by atoms with van der Waals surface area (Å²) in [5.74, 6) is -0.747. The maximum atomic E-state index is 13.1. The second kappa shape index (κ2) is 12.4. The third-order valence-corrected chi connectivity index (χ3v) is 6.91. The SMILES string of the molecule is O=C(Nc1ccc(C[C@H](NC(=O)[C@@H]2CCCN2C(=O)NCc2ccc3c(c2)OCO3)C(=O)O)cc1)c1ccncc1. The van der Waals surface area contributed by atoms with Crippen molar-refractivity contribution < 1.29 is 33.8 Å². The molecule has 0 bridgehead atoms. The lowest BCUT2D eigenvalue weighted by molar-refractivity contribution is -0.142. The zero-order chi connectivity index (χ0) is 28.8. The first kappa shape index (κ1) is 27.4. The molecule has 2 aliphatic rings. The molecule has 2 atom stereocenters. The molecule has 1 saturated heterocycles. The van der Waals surface area contributed by atoms with E-state index in [-0.39, 0.29) is 25.7 Å². The van der Waals surface area contributed by atoms with E-state index >= 15 is 0 Å². The highest BCUT2D eigenvalue weighted by atomic mass is 16.7. The highest BCUT2D eigenvalue weighted by Crippen LogP contribution is 2.32. The molecule has 5 rings (SSSR count). The number of benzene rings is 2. The van der Waals surface area contributed by atoms with Crippen LogP contribution in [0.3, 0.4) is 0 Å². The summed E-state index contributed by atoms with van der Waals surface area (Å²) >= 11 is 0. The maximum Gasteiger partial charge on any atom is 0.326 e. The minimum Gasteiger partial charge on any atom is -0.480 e. The van der Waals surface area contributed by atoms with E-state index in [2.05, 4.69) is 20.9 Å². The van der Waals surface area contributed by atoms with Gasteiger partial charge in [0.15, 0.2) is 11.5 Å². The van der Waals surface area contributed by atoms with E-state index < -0.39 is 30.0 Å². The van der Waals surface area contributed by atoms with Gasteiger partial charge in [0, 0.05) is 43.2 Å². The number of hydrogen-bond donors (Lipinski definition) is 4. The zero-order valence-corrected chi connectivity index (χ0v) is 22.0. The van der Waals surface area contributed by atoms with Gasteiger partial charge in [-0.05, 0) is 60.4 Å². The Morgan fingerprint density at radius 3 is 2.46 bits per heavy atom. The van der Waals surface area contributed by atoms with Crippen LogP contribution in [0.4, 0.5) is 10.5 Å². The number of carbonyl (C=O) groups is 4. The van der Waals surface area contributed by atoms with Crippen LogP contribution in [0.25, 0.3) is 0 Å². The van der Waals surface area contributed by atoms with Gasteiger partial charge in [-0.1, -0.05) is 18.2 Å². The quantitative estimate of drug-likeness (QED) is 0.311. The number of hydrogen-bond acceptors (Lipinski definition) is 7. The van der Waals surface area contributed by atoms with E-state index in [1.807, 2.05) is 6.07 Å². The Labute approximate surface area is 235 Å². The van der Waals surface area contributed by atoms with Crippen molar-refractivity contribution in [1.29, 1.82) is 0 Å². The van der Waals surface area contributed by atoms with E-state index in [1.165, 1.54) is 17.3 Å². The van der Waals surface area contributed by atoms with Gasteiger partial charge in [-0.2, -0.15) is 0 Å². The molecule has 12 heteroatoms. The number of urea groups is 1. The van der Waals surface area contributed by atoms with Crippen LogP contribution >= 0.6 is 0 Å². The van der Waals surface area contributed by atoms with Gasteiger partial charge in [0.25, 0.3) is 5.91 Å². The molecular formula is C29H29N5O7. The molecule has 1 fully saturated rings. The largest absolute Gasteiger partial charge is 0.480 e. The number of amides is 4. The van der Waals surface area contributed by atoms with Crippen molar-refractivity contribution in [3.63, 3.8) is 0 Å². The zero-order valence-electron chi connectivity index (χ0n) is 22.0. The highest BCUT2D eigenvalue weighted by molar-refractivity contribution is 6.04. The molecule has 0 unspecified atom stereocenters. The van der Waals surface area contributed by atoms with Crippen LogP contribution in [-0.2, 0) is 22.6 Å². The highest BCUT2D eigenvalue weighted by Gasteiger charge is 2.36. The van der Waals surface area contributed by atoms with Crippen molar-refractivity contribution in [3.05, 3.63) is 83.7 Å². The Hall–Kier alpha value is -5.13. The van der Waals surface area contributed by atoms with Crippen molar-refractivity contribution in [2.75, 3.05) is 18.7 Å². The molecule has 41 heavy (non-hydrogen) atoms. The second-order valence-electron chi connectivity index (χ2n) is 9.69. The molecule has 0 saturated carbocycles. The summed E-state index contributed by atoms with van der Waals surface area (Å²) < 4.78 is 10.7. The van der Waals surface area contributed by atoms with Crippen LogP contribution in [0.2, 0.25) is 0 Å². The standard InChI is InChI=1S/C29H29N5O7/c35-26(20-9-11-30-12-10-20)32-21-6-3-18(4-7-21)14-22(28(37)38)33-27(36)23-2-1-13-34(23)29(39)31-16-19-5-8-24-25(15-19)41-17-40-24/h3-12,15,22-23H,1-2,13-14,16-17H2,(H,31,39)(H,32,35)(H,33,36)(H,37,38)/t22-,23-/m0/s1. The molecule has 0 aliphatic carbocycles. The van der Waals surface area contributed by atoms with Gasteiger partial charge >= 0.3 is 12.0 Å². The predicted octanol–water partition coefficient (Wildman–Crippen LogP) is 2.55. The number of fused-ring (bicyclic) bond motifs is 1. The van der Waals surface area contributed by atoms with Gasteiger partial charge < -0.3 is 35.4 Å². The molecule has 0 spiro atoms. The molecule has 2 aliphatic heterocycles. The van der Waals surface area contributed by atoms with Crippen molar-refractivity contribution in [2.24, 2.45) is 0 Å². The summed E-state index contributed by atoms with van der Waals surface area (Å²) in [7, 11) is 0. The van der Waals surface area contributed by atoms with Crippen LogP contribution in [0.5, 0.6) is 11.5 Å². The number of carboxylic acids is 1. The number of pyridine rings is 1. The van der Waals surface area contributed by atoms with Gasteiger partial charge in [0.2, 0.25) is 12.7 Å². The molecule has 0 radical (unpaired) electrons. The number of ether oxygens (including phenoxy) is 2. The van der Waals surface area contributed by atoms with Crippen molar-refractivity contribution in [2.45, 2.75) is 37.9 Å². The van der Waals surface area contributed by atoms with Gasteiger partial charge in [0.1, 0.15) is 12.1 Å². The van der Waals surface area contributed by atoms with E-state index in [0.717, 1.165) is 5.56 Å². The molecule has 3 aromatic rings. The topological polar surface area (TPSA) is 159 Å². The smallest absolute Gasteiger partial charge is 0.326 e. The number of anilines is 1. The van der Waals surface area contributed by atoms with Gasteiger partial charge in [-0.3, -0.25) is 14.6 Å². The first-order valence-corrected chi connectivity index (χ1v) is 13.1. The number of carbonyl (C=O) groups excluding carboxylic acids is 3. The molecule has 4 N–H and O–H groups in total. The fourth-order valence-corrected chi connectivity index (χ4v) is 4.75. The lowest BCUT2D eigenvalue weighted by Crippen LogP contribution is -2.53. The summed E-state index contributed by atoms with van der Waals surface area (Å²) in [4.78, 5) is 55.7. The first-order valence-electron chi connectivity index (χ1n) is 13.1. The lowest BCUT2D eigenvalue weighted by Gasteiger charge is -2.26. The Morgan fingerprint density at radius 2 is 1.71 bits per heavy atom. The van der Waals surface area contributed by atoms with Gasteiger partial charge in [-0.25, -0.2) is 9.59 Å². The molecular weight excluding hydrogens is 530 g/mol. The summed E-state index contributed by atoms with van der Waals surface area (Å²) in [5, 5.41) is 18.0. The molecule has 212 valence electrons. The Morgan fingerprint density at radius 1 is 0.976 bits per heavy atom. The van der Waals surface area contributed by atoms with Crippen molar-refractivity contribution in [1.82, 2.24) is 20.5 Å². The van der Waals surface area contributed by atoms with Gasteiger partial charge in [0.05, 0.1) is 0 Å². The van der Waals surface area contributed by atoms with Crippen LogP contribution in [0, 0.1) is 0 Å². The first-order chi connectivity index (χ1) is 19.9. The Balaban J connectivity index is 1.15. The number of likely N-dealkylation sites (tertiary alicyclic amines) is 1. The summed E-state index contributed by atoms with van der Waals surface area (Å²) in [6, 6.07) is 12.9. The molecule has 3 heterocycles. The number of aromatic nitrogens is 1. The average Bonchev–Trinajstić information content (AvgIpc) is 3.67. The van der Waals surface area contributed by atoms with E-state index in [0.29, 0.717) is 47.7 Å². The third-order valence-electron chi connectivity index (χ3n) is 6.91. The van der Waals surface area contributed by atoms with Crippen LogP contribution < -0.4 is 25.4 Å². The summed E-state index contributed by atoms with van der Waals surface area (Å²) in [6.07, 6.45) is 4.14. The van der Waals surface area contributed by atoms with Gasteiger partial charge in [-0.15, -0.1) is 0 Å². The fourth-order valence-electron chi connectivity index (χ4n) is 4.75. The third kappa shape index (κ3) is 6.72. The molecule has 1 aromatic heterocycles. The van der Waals surface area contributed by atoms with Crippen LogP contribution in [0.1, 0.15) is 34.3 Å². The van der Waals surface area contributed by atoms with E-state index in [1.54, 1.807) is 48.5 Å². The number of nitrogens with zero attached hydrogens (tertiary/aromatic N) is 2. The normalized spacial score (nSPS) is 16.1. The number of carboxylic acid groups (broad SMARTS) is 1. The van der Waals surface area contributed by atoms with Crippen LogP contribution in [-0.4, -0.2) is 64.2 Å². The molecule has 12 nitrogen and oxygen atoms in total.